The highest BCUT2D eigenvalue weighted by Crippen LogP contribution is 2.32. The summed E-state index contributed by atoms with van der Waals surface area (Å²) in [7, 11) is 4.61. The normalized spacial score (nSPS) is 10.5. The van der Waals surface area contributed by atoms with Crippen LogP contribution in [0.15, 0.2) is 47.0 Å². The summed E-state index contributed by atoms with van der Waals surface area (Å²) in [4.78, 5) is 15.9. The van der Waals surface area contributed by atoms with Gasteiger partial charge in [-0.15, -0.1) is 0 Å². The molecule has 0 unspecified atom stereocenters. The van der Waals surface area contributed by atoms with Crippen LogP contribution in [0, 0.1) is 0 Å². The summed E-state index contributed by atoms with van der Waals surface area (Å²) in [6.45, 7) is 0.0000938. The number of hydrogen-bond acceptors (Lipinski definition) is 7. The Balaban J connectivity index is 1.78. The van der Waals surface area contributed by atoms with Crippen molar-refractivity contribution in [2.45, 2.75) is 0 Å². The maximum Gasteiger partial charge on any atom is 0.258 e. The van der Waals surface area contributed by atoms with Crippen molar-refractivity contribution in [1.82, 2.24) is 10.1 Å². The van der Waals surface area contributed by atoms with E-state index in [1.807, 2.05) is 6.07 Å². The second-order valence-corrected chi connectivity index (χ2v) is 5.55. The number of nitrogens with one attached hydrogen (secondary N) is 1. The molecule has 1 amide bonds. The molecular weight excluding hydrogens is 350 g/mol. The van der Waals surface area contributed by atoms with Crippen LogP contribution in [0.4, 0.5) is 5.69 Å². The number of rotatable bonds is 7. The van der Waals surface area contributed by atoms with Crippen molar-refractivity contribution in [3.05, 3.63) is 42.5 Å². The summed E-state index contributed by atoms with van der Waals surface area (Å²) in [6, 6.07) is 12.5. The molecule has 8 heteroatoms. The first-order chi connectivity index (χ1) is 13.1. The third kappa shape index (κ3) is 4.24. The predicted molar refractivity (Wildman–Crippen MR) is 98.8 cm³/mol. The van der Waals surface area contributed by atoms with Crippen molar-refractivity contribution in [3.63, 3.8) is 0 Å². The summed E-state index contributed by atoms with van der Waals surface area (Å²) >= 11 is 0. The van der Waals surface area contributed by atoms with Gasteiger partial charge in [0.2, 0.25) is 11.7 Å². The molecule has 8 nitrogen and oxygen atoms in total. The lowest BCUT2D eigenvalue weighted by atomic mass is 10.2. The fourth-order valence-corrected chi connectivity index (χ4v) is 2.46. The molecule has 0 fully saturated rings. The highest BCUT2D eigenvalue weighted by Gasteiger charge is 2.13. The molecule has 0 bridgehead atoms. The molecule has 1 heterocycles. The summed E-state index contributed by atoms with van der Waals surface area (Å²) < 4.78 is 20.7. The molecule has 0 aliphatic carbocycles. The Labute approximate surface area is 156 Å². The second kappa shape index (κ2) is 8.33. The van der Waals surface area contributed by atoms with Gasteiger partial charge in [0.1, 0.15) is 6.61 Å². The maximum atomic E-state index is 11.5. The molecule has 0 spiro atoms. The molecule has 1 aromatic heterocycles. The Morgan fingerprint density at radius 1 is 1.00 bits per heavy atom. The molecule has 27 heavy (non-hydrogen) atoms. The van der Waals surface area contributed by atoms with Gasteiger partial charge < -0.3 is 24.1 Å². The van der Waals surface area contributed by atoms with E-state index in [-0.39, 0.29) is 12.5 Å². The number of carbonyl (C=O) groups excluding carboxylic acids is 1. The highest BCUT2D eigenvalue weighted by atomic mass is 16.5. The molecule has 1 N–H and O–H groups in total. The predicted octanol–water partition coefficient (Wildman–Crippen LogP) is 3.01. The first-order valence-electron chi connectivity index (χ1n) is 8.10. The Morgan fingerprint density at radius 2 is 1.70 bits per heavy atom. The van der Waals surface area contributed by atoms with Crippen LogP contribution in [0.3, 0.4) is 0 Å². The smallest absolute Gasteiger partial charge is 0.258 e. The highest BCUT2D eigenvalue weighted by molar-refractivity contribution is 5.91. The Hall–Kier alpha value is -3.39. The standard InChI is InChI=1S/C19H19N3O5/c1-24-11-17(23)20-14-7-4-12(5-8-14)19-21-18(22-27-19)13-6-9-15(25-2)16(10-13)26-3/h4-10H,11H2,1-3H3,(H,20,23). The van der Waals surface area contributed by atoms with Crippen molar-refractivity contribution in [3.8, 4) is 34.3 Å². The average Bonchev–Trinajstić information content (AvgIpc) is 3.18. The number of methoxy groups -OCH3 is 3. The van der Waals surface area contributed by atoms with Gasteiger partial charge in [-0.3, -0.25) is 4.79 Å². The van der Waals surface area contributed by atoms with E-state index in [0.717, 1.165) is 11.1 Å². The molecule has 3 rings (SSSR count). The van der Waals surface area contributed by atoms with E-state index in [9.17, 15) is 4.79 Å². The number of hydrogen-bond donors (Lipinski definition) is 1. The average molecular weight is 369 g/mol. The molecule has 0 saturated heterocycles. The van der Waals surface area contributed by atoms with Crippen LogP contribution < -0.4 is 14.8 Å². The zero-order chi connectivity index (χ0) is 19.2. The van der Waals surface area contributed by atoms with E-state index in [1.165, 1.54) is 7.11 Å². The lowest BCUT2D eigenvalue weighted by Crippen LogP contribution is -2.16. The summed E-state index contributed by atoms with van der Waals surface area (Å²) in [5, 5.41) is 6.74. The van der Waals surface area contributed by atoms with Crippen molar-refractivity contribution >= 4 is 11.6 Å². The number of aromatic nitrogens is 2. The minimum absolute atomic E-state index is 0.0000938. The van der Waals surface area contributed by atoms with E-state index >= 15 is 0 Å². The molecule has 0 aliphatic heterocycles. The zero-order valence-electron chi connectivity index (χ0n) is 15.2. The monoisotopic (exact) mass is 369 g/mol. The molecule has 3 aromatic rings. The van der Waals surface area contributed by atoms with E-state index in [2.05, 4.69) is 15.5 Å². The third-order valence-electron chi connectivity index (χ3n) is 3.76. The van der Waals surface area contributed by atoms with Crippen LogP contribution in [0.1, 0.15) is 0 Å². The van der Waals surface area contributed by atoms with Crippen LogP contribution in [-0.2, 0) is 9.53 Å². The number of amides is 1. The first kappa shape index (κ1) is 18.4. The minimum atomic E-state index is -0.223. The van der Waals surface area contributed by atoms with Crippen LogP contribution >= 0.6 is 0 Å². The molecule has 0 saturated carbocycles. The van der Waals surface area contributed by atoms with Crippen LogP contribution in [0.25, 0.3) is 22.8 Å². The van der Waals surface area contributed by atoms with Gasteiger partial charge in [0.05, 0.1) is 14.2 Å². The van der Waals surface area contributed by atoms with Crippen LogP contribution in [0.5, 0.6) is 11.5 Å². The number of ether oxygens (including phenoxy) is 3. The van der Waals surface area contributed by atoms with E-state index < -0.39 is 0 Å². The van der Waals surface area contributed by atoms with Gasteiger partial charge in [-0.1, -0.05) is 5.16 Å². The topological polar surface area (TPSA) is 95.7 Å². The van der Waals surface area contributed by atoms with Crippen LogP contribution in [0.2, 0.25) is 0 Å². The summed E-state index contributed by atoms with van der Waals surface area (Å²) in [5.74, 6) is 1.78. The zero-order valence-corrected chi connectivity index (χ0v) is 15.2. The van der Waals surface area contributed by atoms with Gasteiger partial charge in [0.25, 0.3) is 5.89 Å². The molecule has 0 atom stereocenters. The van der Waals surface area contributed by atoms with Crippen molar-refractivity contribution in [2.75, 3.05) is 33.3 Å². The van der Waals surface area contributed by atoms with E-state index in [4.69, 9.17) is 18.7 Å². The van der Waals surface area contributed by atoms with E-state index in [1.54, 1.807) is 50.6 Å². The van der Waals surface area contributed by atoms with Crippen molar-refractivity contribution in [1.29, 1.82) is 0 Å². The fraction of sp³-hybridized carbons (Fsp3) is 0.211. The Kier molecular flexibility index (Phi) is 5.68. The maximum absolute atomic E-state index is 11.5. The molecule has 0 radical (unpaired) electrons. The van der Waals surface area contributed by atoms with Gasteiger partial charge in [0.15, 0.2) is 11.5 Å². The van der Waals surface area contributed by atoms with Crippen LogP contribution in [-0.4, -0.2) is 44.0 Å². The Bertz CT molecular complexity index is 921. The lowest BCUT2D eigenvalue weighted by Gasteiger charge is -2.07. The number of carbonyl (C=O) groups is 1. The molecule has 140 valence electrons. The van der Waals surface area contributed by atoms with Gasteiger partial charge in [0, 0.05) is 23.9 Å². The van der Waals surface area contributed by atoms with Gasteiger partial charge >= 0.3 is 0 Å². The Morgan fingerprint density at radius 3 is 2.37 bits per heavy atom. The number of anilines is 1. The third-order valence-corrected chi connectivity index (χ3v) is 3.76. The van der Waals surface area contributed by atoms with Gasteiger partial charge in [-0.25, -0.2) is 0 Å². The fourth-order valence-electron chi connectivity index (χ4n) is 2.46. The molecular formula is C19H19N3O5. The molecule has 0 aliphatic rings. The summed E-state index contributed by atoms with van der Waals surface area (Å²) in [5.41, 5.74) is 2.13. The first-order valence-corrected chi connectivity index (χ1v) is 8.10. The number of nitrogens with zero attached hydrogens (tertiary/aromatic N) is 2. The van der Waals surface area contributed by atoms with Crippen molar-refractivity contribution in [2.24, 2.45) is 0 Å². The SMILES string of the molecule is COCC(=O)Nc1ccc(-c2nc(-c3ccc(OC)c(OC)c3)no2)cc1. The largest absolute Gasteiger partial charge is 0.493 e. The lowest BCUT2D eigenvalue weighted by molar-refractivity contribution is -0.119. The minimum Gasteiger partial charge on any atom is -0.493 e. The number of benzene rings is 2. The van der Waals surface area contributed by atoms with E-state index in [0.29, 0.717) is 28.9 Å². The molecule has 2 aromatic carbocycles. The van der Waals surface area contributed by atoms with Gasteiger partial charge in [-0.05, 0) is 42.5 Å². The second-order valence-electron chi connectivity index (χ2n) is 5.55. The quantitative estimate of drug-likeness (QED) is 0.684. The summed E-state index contributed by atoms with van der Waals surface area (Å²) in [6.07, 6.45) is 0. The van der Waals surface area contributed by atoms with Gasteiger partial charge in [-0.2, -0.15) is 4.98 Å². The van der Waals surface area contributed by atoms with Crippen molar-refractivity contribution < 1.29 is 23.5 Å².